The van der Waals surface area contributed by atoms with Crippen LogP contribution in [0.3, 0.4) is 0 Å². The molecule has 1 fully saturated rings. The number of benzene rings is 1. The number of aliphatic hydroxyl groups is 2. The van der Waals surface area contributed by atoms with E-state index >= 15 is 0 Å². The van der Waals surface area contributed by atoms with Gasteiger partial charge in [0.2, 0.25) is 0 Å². The van der Waals surface area contributed by atoms with Crippen molar-refractivity contribution in [3.8, 4) is 0 Å². The molecular formula is C26H29ClO6S. The van der Waals surface area contributed by atoms with E-state index in [-0.39, 0.29) is 30.5 Å². The zero-order chi connectivity index (χ0) is 24.5. The highest BCUT2D eigenvalue weighted by atomic mass is 35.5. The second kappa shape index (κ2) is 13.0. The number of ether oxygens (including phenoxy) is 1. The topological polar surface area (TPSA) is 101 Å². The number of aliphatic hydroxyl groups excluding tert-OH is 2. The summed E-state index contributed by atoms with van der Waals surface area (Å²) >= 11 is 8.12. The lowest BCUT2D eigenvalue weighted by Crippen LogP contribution is -2.19. The van der Waals surface area contributed by atoms with Gasteiger partial charge in [-0.15, -0.1) is 11.3 Å². The summed E-state index contributed by atoms with van der Waals surface area (Å²) in [5, 5.41) is 22.3. The standard InChI is InChI=1S/C26H29ClO6S/c27-25-20-8-5-6-9-22(20)34-23(25)14-13-18(29)12-11-17-15-21(30)26(32)19(17)7-3-1-2-4-10-24(31)33-16-28/h1,3,5-6,8-9,11-12,16-19,21,29-30H,2,4,7,10,13-15H2/t17-,18?,19+,21?/m0/s1. The molecule has 1 aromatic heterocycles. The number of esters is 1. The van der Waals surface area contributed by atoms with Crippen LogP contribution in [0.5, 0.6) is 0 Å². The lowest BCUT2D eigenvalue weighted by Gasteiger charge is -2.13. The Labute approximate surface area is 207 Å². The van der Waals surface area contributed by atoms with Gasteiger partial charge in [-0.25, -0.2) is 0 Å². The number of hydrogen-bond donors (Lipinski definition) is 2. The monoisotopic (exact) mass is 504 g/mol. The molecule has 0 saturated heterocycles. The van der Waals surface area contributed by atoms with Gasteiger partial charge in [0.1, 0.15) is 6.10 Å². The molecule has 2 aromatic rings. The van der Waals surface area contributed by atoms with Gasteiger partial charge in [0.25, 0.3) is 0 Å². The van der Waals surface area contributed by atoms with Crippen LogP contribution in [0.2, 0.25) is 5.02 Å². The Morgan fingerprint density at radius 3 is 2.85 bits per heavy atom. The minimum atomic E-state index is -0.986. The second-order valence-corrected chi connectivity index (χ2v) is 9.95. The Balaban J connectivity index is 1.48. The summed E-state index contributed by atoms with van der Waals surface area (Å²) in [7, 11) is 0. The summed E-state index contributed by atoms with van der Waals surface area (Å²) in [4.78, 5) is 34.7. The van der Waals surface area contributed by atoms with Crippen molar-refractivity contribution in [3.63, 3.8) is 0 Å². The van der Waals surface area contributed by atoms with Gasteiger partial charge >= 0.3 is 12.4 Å². The first kappa shape index (κ1) is 26.3. The first-order valence-electron chi connectivity index (χ1n) is 11.4. The minimum absolute atomic E-state index is 0.124. The number of aryl methyl sites for hydroxylation is 1. The van der Waals surface area contributed by atoms with E-state index in [0.717, 1.165) is 20.0 Å². The summed E-state index contributed by atoms with van der Waals surface area (Å²) in [6.45, 7) is 0.124. The van der Waals surface area contributed by atoms with E-state index in [9.17, 15) is 24.6 Å². The number of allylic oxidation sites excluding steroid dienone is 3. The predicted octanol–water partition coefficient (Wildman–Crippen LogP) is 4.79. The van der Waals surface area contributed by atoms with Gasteiger partial charge in [-0.1, -0.05) is 54.1 Å². The number of carbonyl (C=O) groups is 3. The molecule has 0 radical (unpaired) electrons. The van der Waals surface area contributed by atoms with Crippen LogP contribution >= 0.6 is 22.9 Å². The third-order valence-electron chi connectivity index (χ3n) is 6.04. The van der Waals surface area contributed by atoms with Crippen molar-refractivity contribution < 1.29 is 29.3 Å². The first-order valence-corrected chi connectivity index (χ1v) is 12.6. The molecule has 6 nitrogen and oxygen atoms in total. The summed E-state index contributed by atoms with van der Waals surface area (Å²) in [5.41, 5.74) is 0. The average Bonchev–Trinajstić information content (AvgIpc) is 3.29. The van der Waals surface area contributed by atoms with E-state index in [1.807, 2.05) is 42.5 Å². The van der Waals surface area contributed by atoms with Gasteiger partial charge in [-0.3, -0.25) is 14.4 Å². The number of halogens is 1. The number of thiophene rings is 1. The molecule has 1 aliphatic rings. The average molecular weight is 505 g/mol. The van der Waals surface area contributed by atoms with Gasteiger partial charge in [-0.2, -0.15) is 0 Å². The quantitative estimate of drug-likeness (QED) is 0.142. The van der Waals surface area contributed by atoms with Gasteiger partial charge in [0.05, 0.1) is 11.1 Å². The molecular weight excluding hydrogens is 476 g/mol. The zero-order valence-corrected chi connectivity index (χ0v) is 20.3. The van der Waals surface area contributed by atoms with Crippen molar-refractivity contribution in [1.82, 2.24) is 0 Å². The number of hydrogen-bond acceptors (Lipinski definition) is 7. The highest BCUT2D eigenvalue weighted by molar-refractivity contribution is 7.19. The number of ketones is 1. The van der Waals surface area contributed by atoms with E-state index in [2.05, 4.69) is 4.74 Å². The number of fused-ring (bicyclic) bond motifs is 1. The summed E-state index contributed by atoms with van der Waals surface area (Å²) in [5.74, 6) is -1.22. The van der Waals surface area contributed by atoms with E-state index in [1.165, 1.54) is 0 Å². The second-order valence-electron chi connectivity index (χ2n) is 8.44. The van der Waals surface area contributed by atoms with Crippen molar-refractivity contribution in [2.45, 2.75) is 57.2 Å². The molecule has 4 atom stereocenters. The fourth-order valence-electron chi connectivity index (χ4n) is 4.21. The molecule has 1 saturated carbocycles. The molecule has 0 bridgehead atoms. The van der Waals surface area contributed by atoms with Crippen molar-refractivity contribution in [2.24, 2.45) is 11.8 Å². The Bertz CT molecular complexity index is 1060. The molecule has 1 aliphatic carbocycles. The Morgan fingerprint density at radius 2 is 2.09 bits per heavy atom. The third-order valence-corrected chi connectivity index (χ3v) is 7.82. The Kier molecular flexibility index (Phi) is 10.0. The molecule has 0 amide bonds. The molecule has 1 heterocycles. The molecule has 8 heteroatoms. The number of carbonyl (C=O) groups excluding carboxylic acids is 3. The normalized spacial score (nSPS) is 21.6. The van der Waals surface area contributed by atoms with E-state index < -0.39 is 18.2 Å². The van der Waals surface area contributed by atoms with Crippen LogP contribution in [0.4, 0.5) is 0 Å². The van der Waals surface area contributed by atoms with Crippen molar-refractivity contribution >= 4 is 51.2 Å². The van der Waals surface area contributed by atoms with Gasteiger partial charge < -0.3 is 14.9 Å². The Morgan fingerprint density at radius 1 is 1.29 bits per heavy atom. The van der Waals surface area contributed by atoms with E-state index in [4.69, 9.17) is 11.6 Å². The third kappa shape index (κ3) is 7.09. The number of Topliss-reactive ketones (excluding diaryl/α,β-unsaturated/α-hetero) is 1. The number of rotatable bonds is 12. The van der Waals surface area contributed by atoms with Crippen LogP contribution in [-0.2, 0) is 25.5 Å². The highest BCUT2D eigenvalue weighted by Crippen LogP contribution is 2.36. The van der Waals surface area contributed by atoms with Crippen molar-refractivity contribution in [3.05, 3.63) is 58.5 Å². The summed E-state index contributed by atoms with van der Waals surface area (Å²) in [6.07, 6.45) is 9.00. The molecule has 1 aromatic carbocycles. The van der Waals surface area contributed by atoms with Crippen LogP contribution in [0.25, 0.3) is 10.1 Å². The molecule has 2 unspecified atom stereocenters. The van der Waals surface area contributed by atoms with Crippen LogP contribution in [-0.4, -0.2) is 40.6 Å². The fourth-order valence-corrected chi connectivity index (χ4v) is 5.75. The van der Waals surface area contributed by atoms with E-state index in [1.54, 1.807) is 17.4 Å². The molecule has 0 spiro atoms. The van der Waals surface area contributed by atoms with Crippen LogP contribution in [0.1, 0.15) is 43.4 Å². The molecule has 0 aliphatic heterocycles. The van der Waals surface area contributed by atoms with E-state index in [0.29, 0.717) is 38.5 Å². The maximum atomic E-state index is 12.4. The highest BCUT2D eigenvalue weighted by Gasteiger charge is 2.39. The summed E-state index contributed by atoms with van der Waals surface area (Å²) in [6, 6.07) is 7.96. The smallest absolute Gasteiger partial charge is 0.313 e. The van der Waals surface area contributed by atoms with Crippen molar-refractivity contribution in [1.29, 1.82) is 0 Å². The lowest BCUT2D eigenvalue weighted by molar-refractivity contribution is -0.151. The minimum Gasteiger partial charge on any atom is -0.395 e. The molecule has 2 N–H and O–H groups in total. The van der Waals surface area contributed by atoms with Crippen LogP contribution < -0.4 is 0 Å². The van der Waals surface area contributed by atoms with Gasteiger partial charge in [-0.05, 0) is 50.5 Å². The van der Waals surface area contributed by atoms with Crippen molar-refractivity contribution in [2.75, 3.05) is 0 Å². The summed E-state index contributed by atoms with van der Waals surface area (Å²) < 4.78 is 5.36. The number of unbranched alkanes of at least 4 members (excludes halogenated alkanes) is 1. The maximum Gasteiger partial charge on any atom is 0.313 e. The van der Waals surface area contributed by atoms with Gasteiger partial charge in [0, 0.05) is 27.3 Å². The lowest BCUT2D eigenvalue weighted by atomic mass is 9.91. The zero-order valence-electron chi connectivity index (χ0n) is 18.8. The SMILES string of the molecule is O=COC(=O)CCCC=CC[C@H]1C(=O)C(O)C[C@@H]1C=CC(O)CCc1sc2ccccc2c1Cl. The molecule has 34 heavy (non-hydrogen) atoms. The first-order chi connectivity index (χ1) is 16.4. The van der Waals surface area contributed by atoms with Crippen LogP contribution in [0.15, 0.2) is 48.6 Å². The van der Waals surface area contributed by atoms with Gasteiger partial charge in [0.15, 0.2) is 5.78 Å². The largest absolute Gasteiger partial charge is 0.395 e. The van der Waals surface area contributed by atoms with Crippen LogP contribution in [0, 0.1) is 11.8 Å². The fraction of sp³-hybridized carbons (Fsp3) is 0.423. The predicted molar refractivity (Wildman–Crippen MR) is 133 cm³/mol. The maximum absolute atomic E-state index is 12.4. The molecule has 3 rings (SSSR count). The molecule has 182 valence electrons. The Hall–Kier alpha value is -2.32.